The van der Waals surface area contributed by atoms with E-state index in [2.05, 4.69) is 20.9 Å². The van der Waals surface area contributed by atoms with E-state index in [4.69, 9.17) is 0 Å². The highest BCUT2D eigenvalue weighted by Gasteiger charge is 2.03. The fourth-order valence-electron chi connectivity index (χ4n) is 1.47. The number of carbonyl (C=O) groups is 1. The van der Waals surface area contributed by atoms with Crippen LogP contribution in [0, 0.1) is 0 Å². The van der Waals surface area contributed by atoms with Gasteiger partial charge in [0.2, 0.25) is 0 Å². The number of imidazole rings is 1. The number of phenols is 2. The van der Waals surface area contributed by atoms with Crippen molar-refractivity contribution in [1.29, 1.82) is 0 Å². The Morgan fingerprint density at radius 3 is 2.70 bits per heavy atom. The van der Waals surface area contributed by atoms with Crippen molar-refractivity contribution in [2.45, 2.75) is 0 Å². The third-order valence-corrected chi connectivity index (χ3v) is 3.17. The molecule has 102 valence electrons. The van der Waals surface area contributed by atoms with Crippen LogP contribution in [0.25, 0.3) is 6.08 Å². The Hall–Kier alpha value is -2.34. The lowest BCUT2D eigenvalue weighted by Crippen LogP contribution is -2.03. The molecule has 5 nitrogen and oxygen atoms in total. The van der Waals surface area contributed by atoms with Gasteiger partial charge in [0.05, 0.1) is 0 Å². The Bertz CT molecular complexity index is 676. The van der Waals surface area contributed by atoms with Gasteiger partial charge < -0.3 is 10.2 Å². The quantitative estimate of drug-likeness (QED) is 0.514. The molecule has 2 rings (SSSR count). The number of halogens is 1. The summed E-state index contributed by atoms with van der Waals surface area (Å²) in [5, 5.41) is 18.7. The molecule has 1 aromatic carbocycles. The highest BCUT2D eigenvalue weighted by molar-refractivity contribution is 9.10. The van der Waals surface area contributed by atoms with Crippen molar-refractivity contribution < 1.29 is 15.0 Å². The Kier molecular flexibility index (Phi) is 4.37. The van der Waals surface area contributed by atoms with E-state index < -0.39 is 0 Å². The van der Waals surface area contributed by atoms with Crippen LogP contribution >= 0.6 is 15.9 Å². The molecular formula is C14H11BrN2O3. The van der Waals surface area contributed by atoms with Crippen molar-refractivity contribution >= 4 is 27.9 Å². The van der Waals surface area contributed by atoms with E-state index in [9.17, 15) is 15.0 Å². The molecule has 0 bridgehead atoms. The number of benzene rings is 1. The van der Waals surface area contributed by atoms with Gasteiger partial charge in [0.25, 0.3) is 5.91 Å². The van der Waals surface area contributed by atoms with Gasteiger partial charge >= 0.3 is 0 Å². The average molecular weight is 335 g/mol. The molecule has 0 aliphatic rings. The van der Waals surface area contributed by atoms with Crippen molar-refractivity contribution in [2.24, 2.45) is 0 Å². The van der Waals surface area contributed by atoms with E-state index in [-0.39, 0.29) is 17.4 Å². The first-order valence-corrected chi connectivity index (χ1v) is 6.46. The number of hydrogen-bond acceptors (Lipinski definition) is 4. The number of hydrogen-bond donors (Lipinski definition) is 2. The molecule has 20 heavy (non-hydrogen) atoms. The summed E-state index contributed by atoms with van der Waals surface area (Å²) in [6, 6.07) is 2.82. The number of rotatable bonds is 3. The van der Waals surface area contributed by atoms with Crippen LogP contribution in [-0.2, 0) is 0 Å². The number of phenolic OH excluding ortho intramolecular Hbond substituents is 2. The van der Waals surface area contributed by atoms with E-state index in [1.54, 1.807) is 24.4 Å². The first kappa shape index (κ1) is 14.1. The Morgan fingerprint density at radius 1 is 1.25 bits per heavy atom. The molecule has 0 radical (unpaired) electrons. The fraction of sp³-hybridized carbons (Fsp3) is 0. The molecule has 6 heteroatoms. The number of aromatic hydroxyl groups is 2. The summed E-state index contributed by atoms with van der Waals surface area (Å²) in [6.07, 6.45) is 10.8. The van der Waals surface area contributed by atoms with Gasteiger partial charge in [0.15, 0.2) is 11.5 Å². The van der Waals surface area contributed by atoms with Crippen molar-refractivity contribution in [2.75, 3.05) is 0 Å². The molecule has 2 N–H and O–H groups in total. The minimum Gasteiger partial charge on any atom is -0.504 e. The normalized spacial score (nSPS) is 11.4. The Labute approximate surface area is 123 Å². The van der Waals surface area contributed by atoms with Gasteiger partial charge in [-0.15, -0.1) is 0 Å². The van der Waals surface area contributed by atoms with Crippen LogP contribution in [0.15, 0.2) is 53.6 Å². The van der Waals surface area contributed by atoms with Crippen LogP contribution in [0.4, 0.5) is 0 Å². The molecule has 0 spiro atoms. The zero-order valence-electron chi connectivity index (χ0n) is 10.3. The highest BCUT2D eigenvalue weighted by atomic mass is 79.9. The third kappa shape index (κ3) is 3.36. The average Bonchev–Trinajstić information content (AvgIpc) is 2.94. The van der Waals surface area contributed by atoms with Gasteiger partial charge in [-0.1, -0.05) is 34.2 Å². The summed E-state index contributed by atoms with van der Waals surface area (Å²) in [6.45, 7) is 0. The van der Waals surface area contributed by atoms with Crippen LogP contribution < -0.4 is 0 Å². The third-order valence-electron chi connectivity index (χ3n) is 2.48. The number of aromatic nitrogens is 2. The van der Waals surface area contributed by atoms with E-state index in [0.29, 0.717) is 10.0 Å². The van der Waals surface area contributed by atoms with E-state index in [1.807, 2.05) is 0 Å². The summed E-state index contributed by atoms with van der Waals surface area (Å²) < 4.78 is 1.99. The number of nitrogens with zero attached hydrogens (tertiary/aromatic N) is 2. The molecule has 1 aromatic heterocycles. The van der Waals surface area contributed by atoms with Crippen LogP contribution in [-0.4, -0.2) is 25.7 Å². The fourth-order valence-corrected chi connectivity index (χ4v) is 1.93. The monoisotopic (exact) mass is 334 g/mol. The minimum atomic E-state index is -0.209. The maximum absolute atomic E-state index is 11.6. The van der Waals surface area contributed by atoms with Crippen molar-refractivity contribution in [1.82, 2.24) is 9.55 Å². The summed E-state index contributed by atoms with van der Waals surface area (Å²) in [5.41, 5.74) is 0.681. The summed E-state index contributed by atoms with van der Waals surface area (Å²) >= 11 is 3.27. The first-order chi connectivity index (χ1) is 9.58. The van der Waals surface area contributed by atoms with Crippen molar-refractivity contribution in [3.8, 4) is 11.5 Å². The molecule has 0 amide bonds. The van der Waals surface area contributed by atoms with Gasteiger partial charge in [-0.3, -0.25) is 9.36 Å². The molecule has 0 atom stereocenters. The maximum atomic E-state index is 11.6. The second-order valence-electron chi connectivity index (χ2n) is 3.89. The SMILES string of the molecule is O=C(/C=C/C=C/c1cc(O)c(O)cc1Br)n1ccnc1. The molecule has 0 fully saturated rings. The predicted molar refractivity (Wildman–Crippen MR) is 78.5 cm³/mol. The van der Waals surface area contributed by atoms with Gasteiger partial charge in [0.1, 0.15) is 6.33 Å². The van der Waals surface area contributed by atoms with Gasteiger partial charge in [-0.05, 0) is 17.7 Å². The van der Waals surface area contributed by atoms with Crippen LogP contribution in [0.2, 0.25) is 0 Å². The Morgan fingerprint density at radius 2 is 2.00 bits per heavy atom. The second-order valence-corrected chi connectivity index (χ2v) is 4.74. The van der Waals surface area contributed by atoms with Gasteiger partial charge in [0, 0.05) is 22.9 Å². The molecule has 0 saturated heterocycles. The topological polar surface area (TPSA) is 75.3 Å². The second kappa shape index (κ2) is 6.21. The summed E-state index contributed by atoms with van der Waals surface area (Å²) in [4.78, 5) is 15.4. The van der Waals surface area contributed by atoms with Gasteiger partial charge in [-0.25, -0.2) is 4.98 Å². The largest absolute Gasteiger partial charge is 0.504 e. The van der Waals surface area contributed by atoms with Crippen LogP contribution in [0.3, 0.4) is 0 Å². The highest BCUT2D eigenvalue weighted by Crippen LogP contribution is 2.32. The number of carbonyl (C=O) groups excluding carboxylic acids is 1. The maximum Gasteiger partial charge on any atom is 0.255 e. The standard InChI is InChI=1S/C14H11BrN2O3/c15-11-8-13(19)12(18)7-10(11)3-1-2-4-14(20)17-6-5-16-9-17/h1-9,18-19H/b3-1+,4-2+. The molecule has 0 aliphatic heterocycles. The number of allylic oxidation sites excluding steroid dienone is 3. The van der Waals surface area contributed by atoms with Crippen LogP contribution in [0.5, 0.6) is 11.5 Å². The predicted octanol–water partition coefficient (Wildman–Crippen LogP) is 2.97. The molecule has 1 heterocycles. The smallest absolute Gasteiger partial charge is 0.255 e. The molecule has 0 aliphatic carbocycles. The zero-order chi connectivity index (χ0) is 14.5. The molecule has 0 saturated carbocycles. The van der Waals surface area contributed by atoms with E-state index in [1.165, 1.54) is 35.3 Å². The summed E-state index contributed by atoms with van der Waals surface area (Å²) in [5.74, 6) is -0.606. The van der Waals surface area contributed by atoms with E-state index >= 15 is 0 Å². The lowest BCUT2D eigenvalue weighted by molar-refractivity contribution is 0.0968. The van der Waals surface area contributed by atoms with Crippen LogP contribution in [0.1, 0.15) is 10.4 Å². The zero-order valence-corrected chi connectivity index (χ0v) is 11.9. The van der Waals surface area contributed by atoms with Crippen molar-refractivity contribution in [3.05, 3.63) is 59.1 Å². The minimum absolute atomic E-state index is 0.195. The van der Waals surface area contributed by atoms with Gasteiger partial charge in [-0.2, -0.15) is 0 Å². The lowest BCUT2D eigenvalue weighted by atomic mass is 10.2. The van der Waals surface area contributed by atoms with E-state index in [0.717, 1.165) is 0 Å². The lowest BCUT2D eigenvalue weighted by Gasteiger charge is -2.01. The van der Waals surface area contributed by atoms with Crippen molar-refractivity contribution in [3.63, 3.8) is 0 Å². The first-order valence-electron chi connectivity index (χ1n) is 5.66. The Balaban J connectivity index is 2.07. The molecule has 2 aromatic rings. The molecular weight excluding hydrogens is 324 g/mol. The summed E-state index contributed by atoms with van der Waals surface area (Å²) in [7, 11) is 0. The molecule has 0 unspecified atom stereocenters.